The fraction of sp³-hybridized carbons (Fsp3) is 0.556. The maximum atomic E-state index is 11.8. The molecule has 7 nitrogen and oxygen atoms in total. The molecule has 0 atom stereocenters. The van der Waals surface area contributed by atoms with E-state index in [-0.39, 0.29) is 11.6 Å². The van der Waals surface area contributed by atoms with Gasteiger partial charge in [-0.2, -0.15) is 0 Å². The number of carboxylic acids is 1. The van der Waals surface area contributed by atoms with Gasteiger partial charge in [-0.15, -0.1) is 0 Å². The highest BCUT2D eigenvalue weighted by Crippen LogP contribution is 2.18. The molecule has 0 spiro atoms. The summed E-state index contributed by atoms with van der Waals surface area (Å²) in [6.45, 7) is 3.24. The molecule has 0 aliphatic carbocycles. The second kappa shape index (κ2) is 4.55. The Balaban J connectivity index is 2.08. The molecular formula is C9H13N3O4S. The number of hydrogen-bond acceptors (Lipinski definition) is 6. The number of nitrogens with one attached hydrogen (secondary N) is 1. The standard InChI is InChI=1S/C9H13N3O4S/c13-9(14)7-5-11-8(17(7,15)16)6-12-3-1-10-2-4-12/h5,10H,1-4,6H2,(H,13,14). The Morgan fingerprint density at radius 1 is 1.47 bits per heavy atom. The minimum absolute atomic E-state index is 0.0724. The molecule has 0 aromatic carbocycles. The highest BCUT2D eigenvalue weighted by atomic mass is 32.2. The predicted octanol–water partition coefficient (Wildman–Crippen LogP) is -1.36. The molecule has 0 unspecified atom stereocenters. The number of nitrogens with zero attached hydrogens (tertiary/aromatic N) is 2. The van der Waals surface area contributed by atoms with Crippen molar-refractivity contribution in [3.63, 3.8) is 0 Å². The number of carbonyl (C=O) groups is 1. The first-order valence-electron chi connectivity index (χ1n) is 5.20. The van der Waals surface area contributed by atoms with Crippen LogP contribution >= 0.6 is 0 Å². The van der Waals surface area contributed by atoms with E-state index in [2.05, 4.69) is 10.3 Å². The van der Waals surface area contributed by atoms with Gasteiger partial charge in [-0.25, -0.2) is 18.2 Å². The number of aliphatic imine (C=N–C) groups is 1. The van der Waals surface area contributed by atoms with Gasteiger partial charge in [0.05, 0.1) is 12.7 Å². The van der Waals surface area contributed by atoms with Crippen molar-refractivity contribution < 1.29 is 18.3 Å². The second-order valence-electron chi connectivity index (χ2n) is 3.85. The molecule has 0 bridgehead atoms. The van der Waals surface area contributed by atoms with Crippen LogP contribution in [0.3, 0.4) is 0 Å². The molecule has 0 amide bonds. The van der Waals surface area contributed by atoms with Crippen molar-refractivity contribution in [3.8, 4) is 0 Å². The van der Waals surface area contributed by atoms with Crippen molar-refractivity contribution in [3.05, 3.63) is 11.1 Å². The first-order chi connectivity index (χ1) is 8.01. The fourth-order valence-corrected chi connectivity index (χ4v) is 2.97. The average molecular weight is 259 g/mol. The van der Waals surface area contributed by atoms with Crippen LogP contribution in [0.5, 0.6) is 0 Å². The summed E-state index contributed by atoms with van der Waals surface area (Å²) in [5.74, 6) is -1.45. The summed E-state index contributed by atoms with van der Waals surface area (Å²) in [5.41, 5.74) is 0. The topological polar surface area (TPSA) is 99.1 Å². The lowest BCUT2D eigenvalue weighted by Crippen LogP contribution is -2.46. The lowest BCUT2D eigenvalue weighted by atomic mass is 10.4. The van der Waals surface area contributed by atoms with Gasteiger partial charge in [0.25, 0.3) is 0 Å². The molecule has 0 aromatic rings. The second-order valence-corrected chi connectivity index (χ2v) is 5.77. The number of hydrogen-bond donors (Lipinski definition) is 2. The molecule has 2 heterocycles. The van der Waals surface area contributed by atoms with Gasteiger partial charge in [0.15, 0.2) is 9.95 Å². The Labute approximate surface area is 98.7 Å². The van der Waals surface area contributed by atoms with Crippen LogP contribution in [-0.2, 0) is 14.6 Å². The van der Waals surface area contributed by atoms with E-state index in [9.17, 15) is 13.2 Å². The normalized spacial score (nSPS) is 24.2. The summed E-state index contributed by atoms with van der Waals surface area (Å²) in [7, 11) is -3.88. The highest BCUT2D eigenvalue weighted by molar-refractivity contribution is 8.10. The Morgan fingerprint density at radius 3 is 2.65 bits per heavy atom. The van der Waals surface area contributed by atoms with Crippen molar-refractivity contribution >= 4 is 20.9 Å². The van der Waals surface area contributed by atoms with Gasteiger partial charge in [0.1, 0.15) is 0 Å². The predicted molar refractivity (Wildman–Crippen MR) is 61.4 cm³/mol. The molecule has 0 radical (unpaired) electrons. The smallest absolute Gasteiger partial charge is 0.349 e. The summed E-state index contributed by atoms with van der Waals surface area (Å²) in [4.78, 5) is 15.7. The van der Waals surface area contributed by atoms with Gasteiger partial charge in [-0.1, -0.05) is 0 Å². The minimum Gasteiger partial charge on any atom is -0.477 e. The lowest BCUT2D eigenvalue weighted by molar-refractivity contribution is -0.131. The van der Waals surface area contributed by atoms with E-state index in [4.69, 9.17) is 5.11 Å². The zero-order valence-corrected chi connectivity index (χ0v) is 9.90. The van der Waals surface area contributed by atoms with Crippen LogP contribution in [0.1, 0.15) is 0 Å². The molecule has 1 fully saturated rings. The Hall–Kier alpha value is -1.25. The van der Waals surface area contributed by atoms with Gasteiger partial charge in [0.2, 0.25) is 9.84 Å². The average Bonchev–Trinajstić information content (AvgIpc) is 2.56. The van der Waals surface area contributed by atoms with Crippen molar-refractivity contribution in [1.82, 2.24) is 10.2 Å². The first kappa shape index (κ1) is 12.2. The molecular weight excluding hydrogens is 246 g/mol. The Morgan fingerprint density at radius 2 is 2.12 bits per heavy atom. The van der Waals surface area contributed by atoms with E-state index < -0.39 is 20.7 Å². The summed E-state index contributed by atoms with van der Waals surface area (Å²) in [5, 5.41) is 11.8. The molecule has 1 saturated heterocycles. The molecule has 94 valence electrons. The Bertz CT molecular complexity index is 488. The summed E-state index contributed by atoms with van der Waals surface area (Å²) < 4.78 is 23.6. The lowest BCUT2D eigenvalue weighted by Gasteiger charge is -2.26. The highest BCUT2D eigenvalue weighted by Gasteiger charge is 2.35. The maximum absolute atomic E-state index is 11.8. The van der Waals surface area contributed by atoms with Crippen LogP contribution in [-0.4, -0.2) is 62.2 Å². The van der Waals surface area contributed by atoms with Crippen molar-refractivity contribution in [1.29, 1.82) is 0 Å². The minimum atomic E-state index is -3.88. The van der Waals surface area contributed by atoms with E-state index in [0.29, 0.717) is 0 Å². The largest absolute Gasteiger partial charge is 0.477 e. The van der Waals surface area contributed by atoms with Gasteiger partial charge < -0.3 is 10.4 Å². The van der Waals surface area contributed by atoms with Crippen LogP contribution < -0.4 is 5.32 Å². The molecule has 2 rings (SSSR count). The zero-order valence-electron chi connectivity index (χ0n) is 9.09. The third kappa shape index (κ3) is 2.38. The monoisotopic (exact) mass is 259 g/mol. The zero-order chi connectivity index (χ0) is 12.5. The first-order valence-corrected chi connectivity index (χ1v) is 6.68. The third-order valence-electron chi connectivity index (χ3n) is 2.70. The molecule has 2 N–H and O–H groups in total. The van der Waals surface area contributed by atoms with Crippen LogP contribution in [0, 0.1) is 0 Å². The third-order valence-corrected chi connectivity index (χ3v) is 4.42. The van der Waals surface area contributed by atoms with E-state index in [1.165, 1.54) is 0 Å². The van der Waals surface area contributed by atoms with E-state index >= 15 is 0 Å². The molecule has 0 aromatic heterocycles. The Kier molecular flexibility index (Phi) is 3.27. The van der Waals surface area contributed by atoms with Gasteiger partial charge in [-0.05, 0) is 0 Å². The summed E-state index contributed by atoms with van der Waals surface area (Å²) in [6.07, 6.45) is 0.912. The summed E-state index contributed by atoms with van der Waals surface area (Å²) >= 11 is 0. The number of piperazine rings is 1. The summed E-state index contributed by atoms with van der Waals surface area (Å²) in [6, 6.07) is 0. The molecule has 2 aliphatic heterocycles. The quantitative estimate of drug-likeness (QED) is 0.650. The van der Waals surface area contributed by atoms with Crippen LogP contribution in [0.25, 0.3) is 0 Å². The van der Waals surface area contributed by atoms with E-state index in [1.54, 1.807) is 0 Å². The number of rotatable bonds is 3. The molecule has 0 saturated carbocycles. The van der Waals surface area contributed by atoms with Gasteiger partial charge in [0, 0.05) is 26.2 Å². The molecule has 8 heteroatoms. The number of carboxylic acid groups (broad SMARTS) is 1. The van der Waals surface area contributed by atoms with Gasteiger partial charge in [-0.3, -0.25) is 4.90 Å². The van der Waals surface area contributed by atoms with Crippen LogP contribution in [0.15, 0.2) is 16.1 Å². The van der Waals surface area contributed by atoms with Crippen LogP contribution in [0.4, 0.5) is 0 Å². The maximum Gasteiger partial charge on any atom is 0.349 e. The van der Waals surface area contributed by atoms with Crippen molar-refractivity contribution in [2.45, 2.75) is 0 Å². The number of sulfone groups is 1. The van der Waals surface area contributed by atoms with Crippen molar-refractivity contribution in [2.24, 2.45) is 4.99 Å². The molecule has 17 heavy (non-hydrogen) atoms. The van der Waals surface area contributed by atoms with Gasteiger partial charge >= 0.3 is 5.97 Å². The van der Waals surface area contributed by atoms with E-state index in [1.807, 2.05) is 4.90 Å². The fourth-order valence-electron chi connectivity index (χ4n) is 1.75. The number of aliphatic carboxylic acids is 1. The molecule has 2 aliphatic rings. The SMILES string of the molecule is O=C(O)C1=CN=C(CN2CCNCC2)S1(=O)=O. The van der Waals surface area contributed by atoms with Crippen LogP contribution in [0.2, 0.25) is 0 Å². The van der Waals surface area contributed by atoms with E-state index in [0.717, 1.165) is 32.4 Å². The van der Waals surface area contributed by atoms with Crippen molar-refractivity contribution in [2.75, 3.05) is 32.7 Å².